The molecule has 0 spiro atoms. The summed E-state index contributed by atoms with van der Waals surface area (Å²) < 4.78 is 5.15. The van der Waals surface area contributed by atoms with Gasteiger partial charge < -0.3 is 10.1 Å². The van der Waals surface area contributed by atoms with Crippen molar-refractivity contribution in [1.82, 2.24) is 5.32 Å². The molecule has 1 aromatic heterocycles. The quantitative estimate of drug-likeness (QED) is 0.773. The lowest BCUT2D eigenvalue weighted by Gasteiger charge is -2.15. The molecule has 1 aromatic rings. The van der Waals surface area contributed by atoms with Crippen LogP contribution in [0.15, 0.2) is 11.4 Å². The third kappa shape index (κ3) is 4.33. The van der Waals surface area contributed by atoms with Crippen molar-refractivity contribution in [2.24, 2.45) is 0 Å². The van der Waals surface area contributed by atoms with Gasteiger partial charge in [-0.2, -0.15) is 0 Å². The van der Waals surface area contributed by atoms with E-state index in [0.717, 1.165) is 26.0 Å². The van der Waals surface area contributed by atoms with Crippen molar-refractivity contribution in [3.8, 4) is 0 Å². The first-order valence-corrected chi connectivity index (χ1v) is 6.41. The van der Waals surface area contributed by atoms with Gasteiger partial charge in [0.15, 0.2) is 0 Å². The van der Waals surface area contributed by atoms with E-state index in [1.54, 1.807) is 7.11 Å². The fourth-order valence-corrected chi connectivity index (χ4v) is 2.48. The molecule has 0 aliphatic heterocycles. The molecular weight excluding hydrogens is 206 g/mol. The van der Waals surface area contributed by atoms with Crippen LogP contribution < -0.4 is 5.32 Å². The summed E-state index contributed by atoms with van der Waals surface area (Å²) in [7, 11) is 1.76. The highest BCUT2D eigenvalue weighted by Crippen LogP contribution is 2.15. The minimum atomic E-state index is 0.496. The first-order valence-electron chi connectivity index (χ1n) is 5.53. The molecule has 1 heterocycles. The molecule has 0 aromatic carbocycles. The van der Waals surface area contributed by atoms with Crippen molar-refractivity contribution in [2.75, 3.05) is 20.3 Å². The zero-order chi connectivity index (χ0) is 11.1. The van der Waals surface area contributed by atoms with Gasteiger partial charge in [-0.25, -0.2) is 0 Å². The highest BCUT2D eigenvalue weighted by atomic mass is 32.1. The zero-order valence-electron chi connectivity index (χ0n) is 9.88. The topological polar surface area (TPSA) is 21.3 Å². The summed E-state index contributed by atoms with van der Waals surface area (Å²) >= 11 is 1.85. The lowest BCUT2D eigenvalue weighted by molar-refractivity contribution is 0.165. The van der Waals surface area contributed by atoms with Gasteiger partial charge in [0.05, 0.1) is 6.61 Å². The fraction of sp³-hybridized carbons (Fsp3) is 0.667. The Kier molecular flexibility index (Phi) is 5.91. The van der Waals surface area contributed by atoms with Gasteiger partial charge in [-0.15, -0.1) is 11.3 Å². The van der Waals surface area contributed by atoms with E-state index in [1.807, 2.05) is 11.3 Å². The van der Waals surface area contributed by atoms with Crippen LogP contribution in [-0.4, -0.2) is 26.3 Å². The van der Waals surface area contributed by atoms with Gasteiger partial charge in [-0.05, 0) is 36.8 Å². The molecule has 1 N–H and O–H groups in total. The van der Waals surface area contributed by atoms with E-state index in [4.69, 9.17) is 4.74 Å². The standard InChI is InChI=1S/C12H21NOS/c1-4-11(9-14-3)13-7-5-12-10(2)6-8-15-12/h6,8,11,13H,4-5,7,9H2,1-3H3. The summed E-state index contributed by atoms with van der Waals surface area (Å²) in [5.74, 6) is 0. The molecule has 0 radical (unpaired) electrons. The Morgan fingerprint density at radius 2 is 2.33 bits per heavy atom. The zero-order valence-corrected chi connectivity index (χ0v) is 10.7. The third-order valence-electron chi connectivity index (χ3n) is 2.61. The molecule has 2 nitrogen and oxygen atoms in total. The van der Waals surface area contributed by atoms with Gasteiger partial charge in [-0.1, -0.05) is 6.92 Å². The molecule has 15 heavy (non-hydrogen) atoms. The fourth-order valence-electron chi connectivity index (χ4n) is 1.57. The van der Waals surface area contributed by atoms with E-state index in [-0.39, 0.29) is 0 Å². The monoisotopic (exact) mass is 227 g/mol. The maximum absolute atomic E-state index is 5.15. The number of methoxy groups -OCH3 is 1. The van der Waals surface area contributed by atoms with Crippen LogP contribution >= 0.6 is 11.3 Å². The van der Waals surface area contributed by atoms with E-state index in [0.29, 0.717) is 6.04 Å². The van der Waals surface area contributed by atoms with Crippen molar-refractivity contribution in [3.63, 3.8) is 0 Å². The number of hydrogen-bond acceptors (Lipinski definition) is 3. The van der Waals surface area contributed by atoms with Crippen LogP contribution in [0.1, 0.15) is 23.8 Å². The molecule has 0 aliphatic carbocycles. The van der Waals surface area contributed by atoms with E-state index in [1.165, 1.54) is 10.4 Å². The Morgan fingerprint density at radius 3 is 2.87 bits per heavy atom. The Morgan fingerprint density at radius 1 is 1.53 bits per heavy atom. The first-order chi connectivity index (χ1) is 7.27. The van der Waals surface area contributed by atoms with Crippen LogP contribution in [0.5, 0.6) is 0 Å². The molecular formula is C12H21NOS. The molecule has 0 saturated heterocycles. The molecule has 0 bridgehead atoms. The highest BCUT2D eigenvalue weighted by Gasteiger charge is 2.05. The Balaban J connectivity index is 2.23. The SMILES string of the molecule is CCC(COC)NCCc1sccc1C. The van der Waals surface area contributed by atoms with Crippen LogP contribution in [0.25, 0.3) is 0 Å². The number of ether oxygens (including phenoxy) is 1. The summed E-state index contributed by atoms with van der Waals surface area (Å²) in [4.78, 5) is 1.50. The average molecular weight is 227 g/mol. The van der Waals surface area contributed by atoms with Crippen LogP contribution in [0.4, 0.5) is 0 Å². The number of thiophene rings is 1. The first kappa shape index (κ1) is 12.7. The predicted octanol–water partition coefficient (Wildman–Crippen LogP) is 2.61. The molecule has 0 fully saturated rings. The second-order valence-corrected chi connectivity index (χ2v) is 4.79. The second-order valence-electron chi connectivity index (χ2n) is 3.79. The van der Waals surface area contributed by atoms with Crippen LogP contribution in [0, 0.1) is 6.92 Å². The molecule has 0 saturated carbocycles. The Bertz CT molecular complexity index is 272. The number of aryl methyl sites for hydroxylation is 1. The van der Waals surface area contributed by atoms with Gasteiger partial charge in [0.25, 0.3) is 0 Å². The molecule has 1 atom stereocenters. The summed E-state index contributed by atoms with van der Waals surface area (Å²) in [6, 6.07) is 2.68. The Hall–Kier alpha value is -0.380. The number of hydrogen-bond donors (Lipinski definition) is 1. The summed E-state index contributed by atoms with van der Waals surface area (Å²) in [6.45, 7) is 6.22. The number of nitrogens with one attached hydrogen (secondary N) is 1. The lowest BCUT2D eigenvalue weighted by atomic mass is 10.2. The molecule has 0 aliphatic rings. The molecule has 86 valence electrons. The minimum Gasteiger partial charge on any atom is -0.383 e. The molecule has 0 amide bonds. The maximum Gasteiger partial charge on any atom is 0.0615 e. The second kappa shape index (κ2) is 6.99. The van der Waals surface area contributed by atoms with Crippen LogP contribution in [-0.2, 0) is 11.2 Å². The smallest absolute Gasteiger partial charge is 0.0615 e. The summed E-state index contributed by atoms with van der Waals surface area (Å²) in [5, 5.41) is 5.68. The predicted molar refractivity (Wildman–Crippen MR) is 66.7 cm³/mol. The van der Waals surface area contributed by atoms with Gasteiger partial charge in [0, 0.05) is 24.6 Å². The highest BCUT2D eigenvalue weighted by molar-refractivity contribution is 7.10. The van der Waals surface area contributed by atoms with Crippen molar-refractivity contribution in [2.45, 2.75) is 32.7 Å². The third-order valence-corrected chi connectivity index (χ3v) is 3.70. The largest absolute Gasteiger partial charge is 0.383 e. The minimum absolute atomic E-state index is 0.496. The number of rotatable bonds is 7. The van der Waals surface area contributed by atoms with Gasteiger partial charge >= 0.3 is 0 Å². The van der Waals surface area contributed by atoms with Crippen LogP contribution in [0.3, 0.4) is 0 Å². The van der Waals surface area contributed by atoms with Crippen LogP contribution in [0.2, 0.25) is 0 Å². The van der Waals surface area contributed by atoms with Gasteiger partial charge in [0.2, 0.25) is 0 Å². The summed E-state index contributed by atoms with van der Waals surface area (Å²) in [6.07, 6.45) is 2.25. The van der Waals surface area contributed by atoms with Crippen molar-refractivity contribution < 1.29 is 4.74 Å². The van der Waals surface area contributed by atoms with Crippen molar-refractivity contribution in [1.29, 1.82) is 0 Å². The van der Waals surface area contributed by atoms with E-state index in [9.17, 15) is 0 Å². The maximum atomic E-state index is 5.15. The molecule has 3 heteroatoms. The normalized spacial score (nSPS) is 13.0. The van der Waals surface area contributed by atoms with Crippen molar-refractivity contribution in [3.05, 3.63) is 21.9 Å². The lowest BCUT2D eigenvalue weighted by Crippen LogP contribution is -2.33. The van der Waals surface area contributed by atoms with Gasteiger partial charge in [0.1, 0.15) is 0 Å². The molecule has 1 rings (SSSR count). The summed E-state index contributed by atoms with van der Waals surface area (Å²) in [5.41, 5.74) is 1.42. The van der Waals surface area contributed by atoms with Crippen molar-refractivity contribution >= 4 is 11.3 Å². The average Bonchev–Trinajstić information content (AvgIpc) is 2.63. The van der Waals surface area contributed by atoms with E-state index in [2.05, 4.69) is 30.6 Å². The Labute approximate surface area is 96.7 Å². The van der Waals surface area contributed by atoms with Gasteiger partial charge in [-0.3, -0.25) is 0 Å². The van der Waals surface area contributed by atoms with E-state index >= 15 is 0 Å². The van der Waals surface area contributed by atoms with E-state index < -0.39 is 0 Å². The molecule has 1 unspecified atom stereocenters.